The summed E-state index contributed by atoms with van der Waals surface area (Å²) in [6.45, 7) is 3.73. The molecule has 0 amide bonds. The summed E-state index contributed by atoms with van der Waals surface area (Å²) in [5.41, 5.74) is 0.782. The summed E-state index contributed by atoms with van der Waals surface area (Å²) in [5, 5.41) is 11.3. The van der Waals surface area contributed by atoms with E-state index in [-0.39, 0.29) is 23.4 Å². The number of carbonyl (C=O) groups is 1. The standard InChI is InChI=1S/C20H17ClN2O6/c1-11(2)28-18-15(21)7-12(9-17(18)27-3)8-16-20(24)29-19(22-16)13-5-4-6-14(10-13)23(25)26/h4-11H,1-3H3/b16-8-. The largest absolute Gasteiger partial charge is 0.493 e. The minimum atomic E-state index is -0.677. The quantitative estimate of drug-likeness (QED) is 0.299. The second-order valence-electron chi connectivity index (χ2n) is 6.34. The van der Waals surface area contributed by atoms with Crippen LogP contribution >= 0.6 is 11.6 Å². The Morgan fingerprint density at radius 2 is 2.03 bits per heavy atom. The number of hydrogen-bond acceptors (Lipinski definition) is 7. The number of non-ortho nitro benzene ring substituents is 1. The van der Waals surface area contributed by atoms with Gasteiger partial charge in [-0.1, -0.05) is 17.7 Å². The topological polar surface area (TPSA) is 100 Å². The van der Waals surface area contributed by atoms with Gasteiger partial charge in [0.2, 0.25) is 5.90 Å². The van der Waals surface area contributed by atoms with Gasteiger partial charge in [0.25, 0.3) is 5.69 Å². The van der Waals surface area contributed by atoms with E-state index in [1.807, 2.05) is 13.8 Å². The Kier molecular flexibility index (Phi) is 5.84. The number of nitro groups is 1. The zero-order valence-corrected chi connectivity index (χ0v) is 16.6. The molecule has 1 aliphatic rings. The molecule has 0 saturated carbocycles. The van der Waals surface area contributed by atoms with Gasteiger partial charge in [-0.25, -0.2) is 9.79 Å². The van der Waals surface area contributed by atoms with Crippen molar-refractivity contribution in [2.45, 2.75) is 20.0 Å². The Balaban J connectivity index is 1.96. The molecule has 0 atom stereocenters. The van der Waals surface area contributed by atoms with Gasteiger partial charge in [0, 0.05) is 17.7 Å². The number of cyclic esters (lactones) is 1. The van der Waals surface area contributed by atoms with Crippen molar-refractivity contribution in [2.24, 2.45) is 4.99 Å². The number of benzene rings is 2. The molecule has 3 rings (SSSR count). The number of nitro benzene ring substituents is 1. The predicted octanol–water partition coefficient (Wildman–Crippen LogP) is 4.39. The van der Waals surface area contributed by atoms with Crippen molar-refractivity contribution in [1.29, 1.82) is 0 Å². The van der Waals surface area contributed by atoms with Crippen molar-refractivity contribution >= 4 is 35.2 Å². The van der Waals surface area contributed by atoms with Crippen LogP contribution in [-0.4, -0.2) is 30.0 Å². The molecule has 29 heavy (non-hydrogen) atoms. The number of methoxy groups -OCH3 is 1. The highest BCUT2D eigenvalue weighted by molar-refractivity contribution is 6.32. The van der Waals surface area contributed by atoms with Crippen LogP contribution in [0.25, 0.3) is 6.08 Å². The van der Waals surface area contributed by atoms with Crippen molar-refractivity contribution in [2.75, 3.05) is 7.11 Å². The molecule has 9 heteroatoms. The molecule has 150 valence electrons. The molecular formula is C20H17ClN2O6. The van der Waals surface area contributed by atoms with Crippen LogP contribution in [0.1, 0.15) is 25.0 Å². The van der Waals surface area contributed by atoms with Crippen LogP contribution in [0.2, 0.25) is 5.02 Å². The van der Waals surface area contributed by atoms with Crippen LogP contribution < -0.4 is 9.47 Å². The number of carbonyl (C=O) groups excluding carboxylic acids is 1. The van der Waals surface area contributed by atoms with Crippen molar-refractivity contribution < 1.29 is 23.9 Å². The molecule has 8 nitrogen and oxygen atoms in total. The fourth-order valence-corrected chi connectivity index (χ4v) is 2.88. The average molecular weight is 417 g/mol. The highest BCUT2D eigenvalue weighted by Crippen LogP contribution is 2.38. The van der Waals surface area contributed by atoms with E-state index < -0.39 is 10.9 Å². The Morgan fingerprint density at radius 3 is 2.69 bits per heavy atom. The molecule has 1 heterocycles. The van der Waals surface area contributed by atoms with Crippen molar-refractivity contribution in [3.05, 3.63) is 68.4 Å². The van der Waals surface area contributed by atoms with E-state index in [1.165, 1.54) is 31.4 Å². The van der Waals surface area contributed by atoms with E-state index in [2.05, 4.69) is 4.99 Å². The lowest BCUT2D eigenvalue weighted by Crippen LogP contribution is -2.07. The fraction of sp³-hybridized carbons (Fsp3) is 0.200. The second-order valence-corrected chi connectivity index (χ2v) is 6.75. The predicted molar refractivity (Wildman–Crippen MR) is 107 cm³/mol. The van der Waals surface area contributed by atoms with Crippen LogP contribution in [0.15, 0.2) is 47.1 Å². The first-order valence-electron chi connectivity index (χ1n) is 8.60. The molecule has 0 aromatic heterocycles. The molecule has 0 bridgehead atoms. The van der Waals surface area contributed by atoms with Crippen LogP contribution in [0.3, 0.4) is 0 Å². The molecule has 0 unspecified atom stereocenters. The number of nitrogens with zero attached hydrogens (tertiary/aromatic N) is 2. The van der Waals surface area contributed by atoms with Gasteiger partial charge in [0.1, 0.15) is 0 Å². The molecule has 0 aliphatic carbocycles. The van der Waals surface area contributed by atoms with E-state index in [1.54, 1.807) is 18.2 Å². The number of halogens is 1. The molecule has 2 aromatic rings. The van der Waals surface area contributed by atoms with Gasteiger partial charge < -0.3 is 14.2 Å². The number of esters is 1. The summed E-state index contributed by atoms with van der Waals surface area (Å²) in [6.07, 6.45) is 1.39. The minimum Gasteiger partial charge on any atom is -0.493 e. The van der Waals surface area contributed by atoms with E-state index in [4.69, 9.17) is 25.8 Å². The molecular weight excluding hydrogens is 400 g/mol. The number of aliphatic imine (C=N–C) groups is 1. The number of ether oxygens (including phenoxy) is 3. The van der Waals surface area contributed by atoms with Gasteiger partial charge in [-0.3, -0.25) is 10.1 Å². The van der Waals surface area contributed by atoms with Gasteiger partial charge in [-0.05, 0) is 43.7 Å². The highest BCUT2D eigenvalue weighted by Gasteiger charge is 2.25. The normalized spacial score (nSPS) is 14.7. The molecule has 0 N–H and O–H groups in total. The third-order valence-electron chi connectivity index (χ3n) is 3.83. The summed E-state index contributed by atoms with van der Waals surface area (Å²) in [7, 11) is 1.48. The van der Waals surface area contributed by atoms with E-state index >= 15 is 0 Å². The Hall–Kier alpha value is -3.39. The van der Waals surface area contributed by atoms with Gasteiger partial charge in [0.15, 0.2) is 17.2 Å². The Bertz CT molecular complexity index is 1050. The van der Waals surface area contributed by atoms with Crippen LogP contribution in [0, 0.1) is 10.1 Å². The van der Waals surface area contributed by atoms with Crippen LogP contribution in [0.5, 0.6) is 11.5 Å². The van der Waals surface area contributed by atoms with E-state index in [9.17, 15) is 14.9 Å². The average Bonchev–Trinajstić information content (AvgIpc) is 3.04. The first-order chi connectivity index (χ1) is 13.8. The monoisotopic (exact) mass is 416 g/mol. The summed E-state index contributed by atoms with van der Waals surface area (Å²) in [5.74, 6) is 0.125. The molecule has 0 saturated heterocycles. The molecule has 0 spiro atoms. The molecule has 1 aliphatic heterocycles. The van der Waals surface area contributed by atoms with Crippen LogP contribution in [0.4, 0.5) is 5.69 Å². The number of rotatable bonds is 6. The zero-order chi connectivity index (χ0) is 21.1. The maximum Gasteiger partial charge on any atom is 0.363 e. The van der Waals surface area contributed by atoms with Crippen LogP contribution in [-0.2, 0) is 9.53 Å². The fourth-order valence-electron chi connectivity index (χ4n) is 2.62. The summed E-state index contributed by atoms with van der Waals surface area (Å²) >= 11 is 6.30. The summed E-state index contributed by atoms with van der Waals surface area (Å²) in [6, 6.07) is 8.96. The molecule has 0 fully saturated rings. The van der Waals surface area contributed by atoms with Gasteiger partial charge in [0.05, 0.1) is 23.2 Å². The van der Waals surface area contributed by atoms with Crippen molar-refractivity contribution in [3.63, 3.8) is 0 Å². The third-order valence-corrected chi connectivity index (χ3v) is 4.11. The van der Waals surface area contributed by atoms with E-state index in [0.29, 0.717) is 27.6 Å². The second kappa shape index (κ2) is 8.32. The maximum atomic E-state index is 12.2. The van der Waals surface area contributed by atoms with Crippen molar-refractivity contribution in [1.82, 2.24) is 0 Å². The Labute approximate surface area is 171 Å². The summed E-state index contributed by atoms with van der Waals surface area (Å²) in [4.78, 5) is 26.8. The minimum absolute atomic E-state index is 0.0113. The lowest BCUT2D eigenvalue weighted by molar-refractivity contribution is -0.384. The van der Waals surface area contributed by atoms with Crippen molar-refractivity contribution in [3.8, 4) is 11.5 Å². The lowest BCUT2D eigenvalue weighted by atomic mass is 10.1. The summed E-state index contributed by atoms with van der Waals surface area (Å²) < 4.78 is 16.2. The lowest BCUT2D eigenvalue weighted by Gasteiger charge is -2.15. The highest BCUT2D eigenvalue weighted by atomic mass is 35.5. The molecule has 0 radical (unpaired) electrons. The SMILES string of the molecule is COc1cc(/C=C2\N=C(c3cccc([N+](=O)[O-])c3)OC2=O)cc(Cl)c1OC(C)C. The van der Waals surface area contributed by atoms with Gasteiger partial charge >= 0.3 is 5.97 Å². The smallest absolute Gasteiger partial charge is 0.363 e. The Morgan fingerprint density at radius 1 is 1.28 bits per heavy atom. The van der Waals surface area contributed by atoms with Gasteiger partial charge in [-0.2, -0.15) is 0 Å². The van der Waals surface area contributed by atoms with E-state index in [0.717, 1.165) is 0 Å². The zero-order valence-electron chi connectivity index (χ0n) is 15.8. The number of hydrogen-bond donors (Lipinski definition) is 0. The first kappa shape index (κ1) is 20.3. The molecule has 2 aromatic carbocycles. The maximum absolute atomic E-state index is 12.2. The van der Waals surface area contributed by atoms with Gasteiger partial charge in [-0.15, -0.1) is 0 Å². The third kappa shape index (κ3) is 4.55. The first-order valence-corrected chi connectivity index (χ1v) is 8.98.